The van der Waals surface area contributed by atoms with Crippen molar-refractivity contribution in [3.63, 3.8) is 0 Å². The molecule has 0 atom stereocenters. The van der Waals surface area contributed by atoms with Crippen LogP contribution >= 0.6 is 0 Å². The van der Waals surface area contributed by atoms with Gasteiger partial charge in [-0.05, 0) is 6.92 Å². The van der Waals surface area contributed by atoms with Crippen molar-refractivity contribution in [2.24, 2.45) is 0 Å². The summed E-state index contributed by atoms with van der Waals surface area (Å²) in [7, 11) is 0. The van der Waals surface area contributed by atoms with Crippen molar-refractivity contribution in [1.82, 2.24) is 0 Å². The molecular weight excluding hydrogens is 96.1 g/mol. The Labute approximate surface area is 52.6 Å². The van der Waals surface area contributed by atoms with Gasteiger partial charge >= 0.3 is 0 Å². The van der Waals surface area contributed by atoms with Crippen LogP contribution in [0.5, 0.6) is 0 Å². The highest BCUT2D eigenvalue weighted by Crippen LogP contribution is 2.15. The molecule has 0 N–H and O–H groups in total. The Morgan fingerprint density at radius 3 is 1.25 bits per heavy atom. The Hall–Kier alpha value is -0.260. The lowest BCUT2D eigenvalue weighted by molar-refractivity contribution is 0.886. The summed E-state index contributed by atoms with van der Waals surface area (Å²) in [5, 5.41) is 0. The van der Waals surface area contributed by atoms with Gasteiger partial charge in [0, 0.05) is 0 Å². The molecule has 1 aliphatic rings. The van der Waals surface area contributed by atoms with E-state index in [1.54, 1.807) is 6.08 Å². The summed E-state index contributed by atoms with van der Waals surface area (Å²) in [5.41, 5.74) is 0. The molecule has 0 spiro atoms. The number of allylic oxidation sites excluding steroid dienone is 1. The van der Waals surface area contributed by atoms with Crippen LogP contribution in [0.1, 0.15) is 39.0 Å². The molecule has 0 aromatic rings. The molecular formula is C8H16. The first-order valence-electron chi connectivity index (χ1n) is 3.49. The third-order valence-corrected chi connectivity index (χ3v) is 1.25. The maximum Gasteiger partial charge on any atom is -0.0473 e. The molecule has 0 amide bonds. The van der Waals surface area contributed by atoms with Gasteiger partial charge in [-0.3, -0.25) is 0 Å². The van der Waals surface area contributed by atoms with E-state index < -0.39 is 0 Å². The molecule has 1 rings (SSSR count). The topological polar surface area (TPSA) is 0 Å². The quantitative estimate of drug-likeness (QED) is 0.422. The highest BCUT2D eigenvalue weighted by atomic mass is 14.0. The molecule has 0 aliphatic heterocycles. The fourth-order valence-electron chi connectivity index (χ4n) is 0.884. The van der Waals surface area contributed by atoms with Crippen LogP contribution < -0.4 is 0 Å². The minimum atomic E-state index is 1.50. The second kappa shape index (κ2) is 6.74. The van der Waals surface area contributed by atoms with Crippen molar-refractivity contribution in [3.05, 3.63) is 12.7 Å². The summed E-state index contributed by atoms with van der Waals surface area (Å²) >= 11 is 0. The minimum Gasteiger partial charge on any atom is -0.103 e. The molecule has 0 radical (unpaired) electrons. The third kappa shape index (κ3) is 5.74. The monoisotopic (exact) mass is 112 g/mol. The molecule has 0 aromatic carbocycles. The fourth-order valence-corrected chi connectivity index (χ4v) is 0.884. The predicted molar refractivity (Wildman–Crippen MR) is 39.0 cm³/mol. The molecule has 48 valence electrons. The van der Waals surface area contributed by atoms with E-state index in [-0.39, 0.29) is 0 Å². The van der Waals surface area contributed by atoms with E-state index in [1.165, 1.54) is 32.1 Å². The summed E-state index contributed by atoms with van der Waals surface area (Å²) in [5.74, 6) is 0. The van der Waals surface area contributed by atoms with Gasteiger partial charge in [0.25, 0.3) is 0 Å². The highest BCUT2D eigenvalue weighted by molar-refractivity contribution is 4.51. The normalized spacial score (nSPS) is 16.6. The lowest BCUT2D eigenvalue weighted by Crippen LogP contribution is -1.47. The van der Waals surface area contributed by atoms with E-state index in [1.807, 2.05) is 6.92 Å². The fraction of sp³-hybridized carbons (Fsp3) is 0.750. The lowest BCUT2D eigenvalue weighted by Gasteiger charge is -1.67. The van der Waals surface area contributed by atoms with Crippen molar-refractivity contribution in [1.29, 1.82) is 0 Å². The maximum atomic E-state index is 3.36. The zero-order valence-corrected chi connectivity index (χ0v) is 5.82. The molecule has 0 unspecified atom stereocenters. The van der Waals surface area contributed by atoms with Crippen LogP contribution in [-0.4, -0.2) is 0 Å². The Balaban J connectivity index is 0.000000145. The molecule has 1 fully saturated rings. The van der Waals surface area contributed by atoms with Gasteiger partial charge in [-0.15, -0.1) is 6.58 Å². The zero-order chi connectivity index (χ0) is 6.24. The smallest absolute Gasteiger partial charge is 0.0473 e. The first-order chi connectivity index (χ1) is 3.91. The molecule has 0 heteroatoms. The summed E-state index contributed by atoms with van der Waals surface area (Å²) in [6.07, 6.45) is 9.25. The predicted octanol–water partition coefficient (Wildman–Crippen LogP) is 3.14. The van der Waals surface area contributed by atoms with Crippen LogP contribution in [0.4, 0.5) is 0 Å². The summed E-state index contributed by atoms with van der Waals surface area (Å²) < 4.78 is 0. The van der Waals surface area contributed by atoms with Gasteiger partial charge in [0.2, 0.25) is 0 Å². The van der Waals surface area contributed by atoms with Crippen LogP contribution in [-0.2, 0) is 0 Å². The van der Waals surface area contributed by atoms with E-state index in [2.05, 4.69) is 6.58 Å². The first-order valence-corrected chi connectivity index (χ1v) is 3.49. The Kier molecular flexibility index (Phi) is 6.52. The van der Waals surface area contributed by atoms with E-state index in [0.717, 1.165) is 0 Å². The largest absolute Gasteiger partial charge is 0.103 e. The SMILES string of the molecule is C1CCCC1.C=CC. The van der Waals surface area contributed by atoms with E-state index >= 15 is 0 Å². The van der Waals surface area contributed by atoms with E-state index in [4.69, 9.17) is 0 Å². The van der Waals surface area contributed by atoms with Gasteiger partial charge in [-0.1, -0.05) is 38.2 Å². The van der Waals surface area contributed by atoms with E-state index in [9.17, 15) is 0 Å². The number of hydrogen-bond donors (Lipinski definition) is 0. The summed E-state index contributed by atoms with van der Waals surface area (Å²) in [6, 6.07) is 0. The number of rotatable bonds is 0. The average Bonchev–Trinajstić information content (AvgIpc) is 2.17. The van der Waals surface area contributed by atoms with Crippen LogP contribution in [0.3, 0.4) is 0 Å². The lowest BCUT2D eigenvalue weighted by atomic mass is 10.4. The molecule has 0 nitrogen and oxygen atoms in total. The van der Waals surface area contributed by atoms with Crippen LogP contribution in [0.25, 0.3) is 0 Å². The Morgan fingerprint density at radius 1 is 1.00 bits per heavy atom. The first kappa shape index (κ1) is 7.74. The van der Waals surface area contributed by atoms with Gasteiger partial charge in [0.15, 0.2) is 0 Å². The van der Waals surface area contributed by atoms with Crippen molar-refractivity contribution in [2.45, 2.75) is 39.0 Å². The van der Waals surface area contributed by atoms with E-state index in [0.29, 0.717) is 0 Å². The zero-order valence-electron chi connectivity index (χ0n) is 5.82. The van der Waals surface area contributed by atoms with Gasteiger partial charge in [-0.25, -0.2) is 0 Å². The second-order valence-electron chi connectivity index (χ2n) is 2.18. The molecule has 1 saturated carbocycles. The molecule has 0 bridgehead atoms. The van der Waals surface area contributed by atoms with Crippen LogP contribution in [0, 0.1) is 0 Å². The Bertz CT molecular complexity index is 34.4. The second-order valence-corrected chi connectivity index (χ2v) is 2.18. The van der Waals surface area contributed by atoms with Crippen molar-refractivity contribution < 1.29 is 0 Å². The van der Waals surface area contributed by atoms with Gasteiger partial charge in [0.05, 0.1) is 0 Å². The molecule has 0 aromatic heterocycles. The van der Waals surface area contributed by atoms with Crippen molar-refractivity contribution in [3.8, 4) is 0 Å². The van der Waals surface area contributed by atoms with Gasteiger partial charge in [-0.2, -0.15) is 0 Å². The summed E-state index contributed by atoms with van der Waals surface area (Å²) in [4.78, 5) is 0. The van der Waals surface area contributed by atoms with Gasteiger partial charge < -0.3 is 0 Å². The molecule has 8 heavy (non-hydrogen) atoms. The summed E-state index contributed by atoms with van der Waals surface area (Å²) in [6.45, 7) is 5.25. The highest BCUT2D eigenvalue weighted by Gasteiger charge is 1.95. The molecule has 0 saturated heterocycles. The molecule has 0 heterocycles. The van der Waals surface area contributed by atoms with Crippen LogP contribution in [0.15, 0.2) is 12.7 Å². The van der Waals surface area contributed by atoms with Crippen molar-refractivity contribution in [2.75, 3.05) is 0 Å². The standard InChI is InChI=1S/C5H10.C3H6/c1-2-4-5-3-1;1-3-2/h1-5H2;3H,1H2,2H3. The third-order valence-electron chi connectivity index (χ3n) is 1.25. The molecule has 1 aliphatic carbocycles. The van der Waals surface area contributed by atoms with Gasteiger partial charge in [0.1, 0.15) is 0 Å². The average molecular weight is 112 g/mol. The van der Waals surface area contributed by atoms with Crippen molar-refractivity contribution >= 4 is 0 Å². The Morgan fingerprint density at radius 2 is 1.12 bits per heavy atom. The number of hydrogen-bond acceptors (Lipinski definition) is 0. The minimum absolute atomic E-state index is 1.50. The maximum absolute atomic E-state index is 3.36. The van der Waals surface area contributed by atoms with Crippen LogP contribution in [0.2, 0.25) is 0 Å².